The Morgan fingerprint density at radius 1 is 1.24 bits per heavy atom. The molecule has 0 bridgehead atoms. The number of anilines is 1. The summed E-state index contributed by atoms with van der Waals surface area (Å²) in [5.41, 5.74) is 8.30. The molecule has 0 aliphatic rings. The molecule has 2 N–H and O–H groups in total. The summed E-state index contributed by atoms with van der Waals surface area (Å²) in [5.74, 6) is 0.771. The van der Waals surface area contributed by atoms with Crippen molar-refractivity contribution in [3.63, 3.8) is 0 Å². The van der Waals surface area contributed by atoms with E-state index < -0.39 is 0 Å². The van der Waals surface area contributed by atoms with Gasteiger partial charge in [0.15, 0.2) is 0 Å². The minimum atomic E-state index is 0.676. The fraction of sp³-hybridized carbons (Fsp3) is 0.0667. The summed E-state index contributed by atoms with van der Waals surface area (Å²) in [6.45, 7) is 0. The maximum atomic E-state index is 6.17. The van der Waals surface area contributed by atoms with Crippen LogP contribution >= 0.6 is 34.7 Å². The van der Waals surface area contributed by atoms with E-state index in [1.54, 1.807) is 35.4 Å². The second-order valence-electron chi connectivity index (χ2n) is 4.34. The number of halogens is 1. The number of rotatable bonds is 4. The Hall–Kier alpha value is -1.56. The maximum Gasteiger partial charge on any atom is 0.142 e. The molecule has 0 amide bonds. The Morgan fingerprint density at radius 3 is 2.90 bits per heavy atom. The highest BCUT2D eigenvalue weighted by atomic mass is 35.5. The van der Waals surface area contributed by atoms with Gasteiger partial charge >= 0.3 is 0 Å². The van der Waals surface area contributed by atoms with E-state index >= 15 is 0 Å². The zero-order valence-electron chi connectivity index (χ0n) is 11.0. The highest BCUT2D eigenvalue weighted by Gasteiger charge is 2.07. The average molecular weight is 334 g/mol. The van der Waals surface area contributed by atoms with Crippen LogP contribution in [0.4, 0.5) is 5.69 Å². The van der Waals surface area contributed by atoms with Gasteiger partial charge in [-0.3, -0.25) is 4.98 Å². The molecule has 106 valence electrons. The topological polar surface area (TPSA) is 51.8 Å². The first-order chi connectivity index (χ1) is 10.2. The largest absolute Gasteiger partial charge is 0.399 e. The number of pyridine rings is 1. The van der Waals surface area contributed by atoms with Crippen molar-refractivity contribution in [1.82, 2.24) is 9.97 Å². The number of hydrogen-bond acceptors (Lipinski definition) is 5. The van der Waals surface area contributed by atoms with E-state index in [1.807, 2.05) is 30.3 Å². The van der Waals surface area contributed by atoms with E-state index in [1.165, 1.54) is 0 Å². The van der Waals surface area contributed by atoms with E-state index in [-0.39, 0.29) is 0 Å². The number of thioether (sulfide) groups is 1. The zero-order valence-corrected chi connectivity index (χ0v) is 13.4. The number of hydrogen-bond donors (Lipinski definition) is 1. The van der Waals surface area contributed by atoms with E-state index in [9.17, 15) is 0 Å². The van der Waals surface area contributed by atoms with Gasteiger partial charge in [-0.2, -0.15) is 0 Å². The summed E-state index contributed by atoms with van der Waals surface area (Å²) < 4.78 is 0. The highest BCUT2D eigenvalue weighted by molar-refractivity contribution is 7.98. The van der Waals surface area contributed by atoms with Crippen LogP contribution in [0.3, 0.4) is 0 Å². The second-order valence-corrected chi connectivity index (χ2v) is 6.62. The van der Waals surface area contributed by atoms with Crippen molar-refractivity contribution in [2.24, 2.45) is 0 Å². The molecule has 3 nitrogen and oxygen atoms in total. The van der Waals surface area contributed by atoms with Crippen LogP contribution in [0.15, 0.2) is 52.9 Å². The van der Waals surface area contributed by atoms with Gasteiger partial charge in [-0.1, -0.05) is 17.7 Å². The third-order valence-electron chi connectivity index (χ3n) is 2.77. The first-order valence-corrected chi connectivity index (χ1v) is 8.50. The second kappa shape index (κ2) is 6.47. The summed E-state index contributed by atoms with van der Waals surface area (Å²) in [6.07, 6.45) is 1.78. The fourth-order valence-corrected chi connectivity index (χ4v) is 3.83. The maximum absolute atomic E-state index is 6.17. The molecule has 1 aromatic carbocycles. The van der Waals surface area contributed by atoms with Crippen LogP contribution in [0, 0.1) is 0 Å². The van der Waals surface area contributed by atoms with Gasteiger partial charge < -0.3 is 5.73 Å². The van der Waals surface area contributed by atoms with Crippen molar-refractivity contribution >= 4 is 40.4 Å². The van der Waals surface area contributed by atoms with Gasteiger partial charge in [0.05, 0.1) is 16.4 Å². The Morgan fingerprint density at radius 2 is 2.14 bits per heavy atom. The van der Waals surface area contributed by atoms with Gasteiger partial charge in [-0.15, -0.1) is 23.1 Å². The molecule has 3 aromatic rings. The molecule has 0 aliphatic carbocycles. The first kappa shape index (κ1) is 14.4. The smallest absolute Gasteiger partial charge is 0.142 e. The van der Waals surface area contributed by atoms with Crippen molar-refractivity contribution in [3.8, 4) is 10.7 Å². The Kier molecular flexibility index (Phi) is 4.43. The van der Waals surface area contributed by atoms with Crippen LogP contribution in [-0.2, 0) is 5.75 Å². The molecule has 6 heteroatoms. The fourth-order valence-electron chi connectivity index (χ4n) is 1.77. The number of benzene rings is 1. The van der Waals surface area contributed by atoms with E-state index in [0.717, 1.165) is 27.0 Å². The zero-order chi connectivity index (χ0) is 14.7. The molecular formula is C15H12ClN3S2. The molecule has 0 saturated carbocycles. The SMILES string of the molecule is Nc1ccc(SCc2csc(-c3ccccn3)n2)c(Cl)c1. The average Bonchev–Trinajstić information content (AvgIpc) is 2.96. The van der Waals surface area contributed by atoms with Crippen molar-refractivity contribution in [1.29, 1.82) is 0 Å². The van der Waals surface area contributed by atoms with Crippen LogP contribution < -0.4 is 5.73 Å². The minimum absolute atomic E-state index is 0.676. The number of nitrogen functional groups attached to an aromatic ring is 1. The van der Waals surface area contributed by atoms with E-state index in [4.69, 9.17) is 17.3 Å². The lowest BCUT2D eigenvalue weighted by Crippen LogP contribution is -1.86. The predicted octanol–water partition coefficient (Wildman–Crippen LogP) is 4.73. The monoisotopic (exact) mass is 333 g/mol. The molecule has 0 atom stereocenters. The number of thiazole rings is 1. The molecule has 2 heterocycles. The minimum Gasteiger partial charge on any atom is -0.399 e. The lowest BCUT2D eigenvalue weighted by molar-refractivity contribution is 1.21. The lowest BCUT2D eigenvalue weighted by Gasteiger charge is -2.03. The van der Waals surface area contributed by atoms with E-state index in [2.05, 4.69) is 15.3 Å². The van der Waals surface area contributed by atoms with Crippen molar-refractivity contribution in [3.05, 3.63) is 58.7 Å². The predicted molar refractivity (Wildman–Crippen MR) is 90.8 cm³/mol. The number of aromatic nitrogens is 2. The molecule has 0 unspecified atom stereocenters. The third kappa shape index (κ3) is 3.56. The summed E-state index contributed by atoms with van der Waals surface area (Å²) >= 11 is 9.43. The van der Waals surface area contributed by atoms with E-state index in [0.29, 0.717) is 10.7 Å². The quantitative estimate of drug-likeness (QED) is 0.553. The first-order valence-electron chi connectivity index (χ1n) is 6.26. The van der Waals surface area contributed by atoms with Crippen molar-refractivity contribution in [2.75, 3.05) is 5.73 Å². The van der Waals surface area contributed by atoms with Crippen LogP contribution in [0.2, 0.25) is 5.02 Å². The van der Waals surface area contributed by atoms with Gasteiger partial charge in [0, 0.05) is 27.9 Å². The number of nitrogens with two attached hydrogens (primary N) is 1. The molecule has 0 fully saturated rings. The molecule has 0 spiro atoms. The third-order valence-corrected chi connectivity index (χ3v) is 5.21. The number of nitrogens with zero attached hydrogens (tertiary/aromatic N) is 2. The highest BCUT2D eigenvalue weighted by Crippen LogP contribution is 2.32. The Bertz CT molecular complexity index is 744. The van der Waals surface area contributed by atoms with Crippen molar-refractivity contribution < 1.29 is 0 Å². The van der Waals surface area contributed by atoms with Crippen LogP contribution in [0.25, 0.3) is 10.7 Å². The molecular weight excluding hydrogens is 322 g/mol. The molecule has 21 heavy (non-hydrogen) atoms. The Labute approximate surface area is 136 Å². The summed E-state index contributed by atoms with van der Waals surface area (Å²) in [5, 5.41) is 3.68. The van der Waals surface area contributed by atoms with Gasteiger partial charge in [-0.25, -0.2) is 4.98 Å². The molecule has 0 aliphatic heterocycles. The van der Waals surface area contributed by atoms with Gasteiger partial charge in [-0.05, 0) is 30.3 Å². The van der Waals surface area contributed by atoms with Crippen LogP contribution in [0.1, 0.15) is 5.69 Å². The summed E-state index contributed by atoms with van der Waals surface area (Å²) in [7, 11) is 0. The summed E-state index contributed by atoms with van der Waals surface area (Å²) in [6, 6.07) is 11.4. The molecule has 0 saturated heterocycles. The molecule has 3 rings (SSSR count). The van der Waals surface area contributed by atoms with Crippen molar-refractivity contribution in [2.45, 2.75) is 10.6 Å². The van der Waals surface area contributed by atoms with Gasteiger partial charge in [0.1, 0.15) is 5.01 Å². The Balaban J connectivity index is 1.70. The molecule has 2 aromatic heterocycles. The summed E-state index contributed by atoms with van der Waals surface area (Å²) in [4.78, 5) is 9.93. The molecule has 0 radical (unpaired) electrons. The normalized spacial score (nSPS) is 10.7. The van der Waals surface area contributed by atoms with Crippen LogP contribution in [-0.4, -0.2) is 9.97 Å². The standard InChI is InChI=1S/C15H12ClN3S2/c16-12-7-10(17)4-5-14(12)20-8-11-9-21-15(19-11)13-3-1-2-6-18-13/h1-7,9H,8,17H2. The van der Waals surface area contributed by atoms with Gasteiger partial charge in [0.25, 0.3) is 0 Å². The lowest BCUT2D eigenvalue weighted by atomic mass is 10.3. The van der Waals surface area contributed by atoms with Crippen LogP contribution in [0.5, 0.6) is 0 Å². The van der Waals surface area contributed by atoms with Gasteiger partial charge in [0.2, 0.25) is 0 Å².